The third-order valence-corrected chi connectivity index (χ3v) is 1.82. The third-order valence-electron chi connectivity index (χ3n) is 1.82. The Labute approximate surface area is 81.4 Å². The standard InChI is InChI=1S/C9H11N5/c10-6-7-1-3-11-9(5-7)13-8-2-4-12-14-8/h1-5H,6,10H2,(H2,11,12,13,14). The highest BCUT2D eigenvalue weighted by atomic mass is 15.2. The molecule has 0 fully saturated rings. The largest absolute Gasteiger partial charge is 0.326 e. The molecule has 5 heteroatoms. The van der Waals surface area contributed by atoms with Crippen molar-refractivity contribution in [1.82, 2.24) is 15.2 Å². The summed E-state index contributed by atoms with van der Waals surface area (Å²) in [6, 6.07) is 5.62. The lowest BCUT2D eigenvalue weighted by atomic mass is 10.2. The minimum absolute atomic E-state index is 0.514. The molecule has 0 aliphatic carbocycles. The summed E-state index contributed by atoms with van der Waals surface area (Å²) in [7, 11) is 0. The first kappa shape index (κ1) is 8.71. The number of rotatable bonds is 3. The van der Waals surface area contributed by atoms with Crippen molar-refractivity contribution in [1.29, 1.82) is 0 Å². The lowest BCUT2D eigenvalue weighted by molar-refractivity contribution is 1.05. The zero-order valence-electron chi connectivity index (χ0n) is 7.57. The van der Waals surface area contributed by atoms with Crippen LogP contribution < -0.4 is 11.1 Å². The minimum atomic E-state index is 0.514. The number of hydrogen-bond donors (Lipinski definition) is 3. The van der Waals surface area contributed by atoms with Crippen LogP contribution in [-0.4, -0.2) is 15.2 Å². The molecule has 2 heterocycles. The smallest absolute Gasteiger partial charge is 0.131 e. The average molecular weight is 189 g/mol. The summed E-state index contributed by atoms with van der Waals surface area (Å²) >= 11 is 0. The van der Waals surface area contributed by atoms with Crippen molar-refractivity contribution in [2.45, 2.75) is 6.54 Å². The molecule has 2 rings (SSSR count). The van der Waals surface area contributed by atoms with Gasteiger partial charge in [0.25, 0.3) is 0 Å². The molecule has 14 heavy (non-hydrogen) atoms. The Kier molecular flexibility index (Phi) is 2.42. The highest BCUT2D eigenvalue weighted by molar-refractivity contribution is 5.51. The molecule has 0 saturated heterocycles. The number of nitrogens with two attached hydrogens (primary N) is 1. The van der Waals surface area contributed by atoms with Crippen LogP contribution in [0.4, 0.5) is 11.6 Å². The molecular formula is C9H11N5. The van der Waals surface area contributed by atoms with Gasteiger partial charge in [-0.3, -0.25) is 5.10 Å². The molecule has 5 nitrogen and oxygen atoms in total. The topological polar surface area (TPSA) is 79.6 Å². The molecule has 0 unspecified atom stereocenters. The fourth-order valence-corrected chi connectivity index (χ4v) is 1.13. The predicted molar refractivity (Wildman–Crippen MR) is 54.0 cm³/mol. The molecule has 2 aromatic rings. The van der Waals surface area contributed by atoms with Gasteiger partial charge in [0.1, 0.15) is 11.6 Å². The van der Waals surface area contributed by atoms with Crippen LogP contribution in [0.2, 0.25) is 0 Å². The second-order valence-electron chi connectivity index (χ2n) is 2.85. The zero-order chi connectivity index (χ0) is 9.80. The monoisotopic (exact) mass is 189 g/mol. The van der Waals surface area contributed by atoms with Gasteiger partial charge >= 0.3 is 0 Å². The van der Waals surface area contributed by atoms with Crippen molar-refractivity contribution in [2.24, 2.45) is 5.73 Å². The Bertz CT molecular complexity index is 395. The Hall–Kier alpha value is -1.88. The van der Waals surface area contributed by atoms with Gasteiger partial charge in [-0.05, 0) is 17.7 Å². The van der Waals surface area contributed by atoms with Crippen LogP contribution in [0.25, 0.3) is 0 Å². The van der Waals surface area contributed by atoms with Crippen LogP contribution >= 0.6 is 0 Å². The highest BCUT2D eigenvalue weighted by Gasteiger charge is 1.97. The van der Waals surface area contributed by atoms with E-state index in [1.54, 1.807) is 12.4 Å². The summed E-state index contributed by atoms with van der Waals surface area (Å²) in [5.41, 5.74) is 6.56. The number of H-pyrrole nitrogens is 1. The van der Waals surface area contributed by atoms with E-state index in [1.807, 2.05) is 18.2 Å². The molecule has 0 bridgehead atoms. The van der Waals surface area contributed by atoms with Gasteiger partial charge in [0, 0.05) is 18.8 Å². The normalized spacial score (nSPS) is 10.1. The van der Waals surface area contributed by atoms with Crippen LogP contribution in [0, 0.1) is 0 Å². The van der Waals surface area contributed by atoms with Crippen LogP contribution in [0.1, 0.15) is 5.56 Å². The van der Waals surface area contributed by atoms with Crippen LogP contribution in [0.15, 0.2) is 30.6 Å². The van der Waals surface area contributed by atoms with Gasteiger partial charge in [-0.2, -0.15) is 5.10 Å². The molecule has 0 aliphatic rings. The minimum Gasteiger partial charge on any atom is -0.326 e. The van der Waals surface area contributed by atoms with E-state index in [1.165, 1.54) is 0 Å². The maximum Gasteiger partial charge on any atom is 0.131 e. The summed E-state index contributed by atoms with van der Waals surface area (Å²) < 4.78 is 0. The Morgan fingerprint density at radius 1 is 1.36 bits per heavy atom. The van der Waals surface area contributed by atoms with Gasteiger partial charge in [0.05, 0.1) is 6.20 Å². The van der Waals surface area contributed by atoms with Crippen molar-refractivity contribution in [2.75, 3.05) is 5.32 Å². The van der Waals surface area contributed by atoms with Gasteiger partial charge in [0.2, 0.25) is 0 Å². The maximum absolute atomic E-state index is 5.52. The zero-order valence-corrected chi connectivity index (χ0v) is 7.57. The molecule has 0 amide bonds. The number of anilines is 2. The van der Waals surface area contributed by atoms with E-state index in [4.69, 9.17) is 5.73 Å². The first-order valence-corrected chi connectivity index (χ1v) is 4.30. The molecule has 2 aromatic heterocycles. The molecule has 0 saturated carbocycles. The van der Waals surface area contributed by atoms with Gasteiger partial charge in [0.15, 0.2) is 0 Å². The third kappa shape index (κ3) is 1.89. The molecule has 4 N–H and O–H groups in total. The lowest BCUT2D eigenvalue weighted by Crippen LogP contribution is -1.99. The quantitative estimate of drug-likeness (QED) is 0.673. The van der Waals surface area contributed by atoms with Gasteiger partial charge in [-0.25, -0.2) is 4.98 Å². The number of hydrogen-bond acceptors (Lipinski definition) is 4. The van der Waals surface area contributed by atoms with E-state index in [9.17, 15) is 0 Å². The fourth-order valence-electron chi connectivity index (χ4n) is 1.13. The van der Waals surface area contributed by atoms with Gasteiger partial charge in [-0.15, -0.1) is 0 Å². The van der Waals surface area contributed by atoms with Crippen molar-refractivity contribution >= 4 is 11.6 Å². The Morgan fingerprint density at radius 3 is 3.00 bits per heavy atom. The molecule has 0 spiro atoms. The maximum atomic E-state index is 5.52. The lowest BCUT2D eigenvalue weighted by Gasteiger charge is -2.03. The first-order valence-electron chi connectivity index (χ1n) is 4.30. The molecule has 0 aromatic carbocycles. The van der Waals surface area contributed by atoms with Crippen molar-refractivity contribution in [3.8, 4) is 0 Å². The molecule has 0 radical (unpaired) electrons. The molecule has 72 valence electrons. The summed E-state index contributed by atoms with van der Waals surface area (Å²) in [6.45, 7) is 0.514. The van der Waals surface area contributed by atoms with Gasteiger partial charge in [-0.1, -0.05) is 0 Å². The van der Waals surface area contributed by atoms with E-state index in [0.29, 0.717) is 6.54 Å². The van der Waals surface area contributed by atoms with Gasteiger partial charge < -0.3 is 11.1 Å². The molecular weight excluding hydrogens is 178 g/mol. The van der Waals surface area contributed by atoms with E-state index < -0.39 is 0 Å². The van der Waals surface area contributed by atoms with Crippen molar-refractivity contribution in [3.63, 3.8) is 0 Å². The summed E-state index contributed by atoms with van der Waals surface area (Å²) in [4.78, 5) is 4.15. The summed E-state index contributed by atoms with van der Waals surface area (Å²) in [5, 5.41) is 9.69. The number of pyridine rings is 1. The second-order valence-corrected chi connectivity index (χ2v) is 2.85. The van der Waals surface area contributed by atoms with Crippen LogP contribution in [0.3, 0.4) is 0 Å². The second kappa shape index (κ2) is 3.89. The average Bonchev–Trinajstić information content (AvgIpc) is 2.71. The summed E-state index contributed by atoms with van der Waals surface area (Å²) in [5.74, 6) is 1.57. The summed E-state index contributed by atoms with van der Waals surface area (Å²) in [6.07, 6.45) is 3.40. The number of nitrogens with zero attached hydrogens (tertiary/aromatic N) is 2. The molecule has 0 aliphatic heterocycles. The van der Waals surface area contributed by atoms with E-state index in [-0.39, 0.29) is 0 Å². The first-order chi connectivity index (χ1) is 6.88. The Balaban J connectivity index is 2.17. The van der Waals surface area contributed by atoms with E-state index >= 15 is 0 Å². The van der Waals surface area contributed by atoms with Crippen LogP contribution in [0.5, 0.6) is 0 Å². The SMILES string of the molecule is NCc1ccnc(Nc2ccn[nH]2)c1. The van der Waals surface area contributed by atoms with E-state index in [0.717, 1.165) is 17.2 Å². The number of nitrogens with one attached hydrogen (secondary N) is 2. The van der Waals surface area contributed by atoms with Crippen molar-refractivity contribution < 1.29 is 0 Å². The number of aromatic nitrogens is 3. The molecule has 0 atom stereocenters. The number of aromatic amines is 1. The van der Waals surface area contributed by atoms with Crippen LogP contribution in [-0.2, 0) is 6.54 Å². The predicted octanol–water partition coefficient (Wildman–Crippen LogP) is 1.01. The fraction of sp³-hybridized carbons (Fsp3) is 0.111. The Morgan fingerprint density at radius 2 is 2.29 bits per heavy atom. The highest BCUT2D eigenvalue weighted by Crippen LogP contribution is 2.11. The van der Waals surface area contributed by atoms with Crippen molar-refractivity contribution in [3.05, 3.63) is 36.2 Å². The van der Waals surface area contributed by atoms with E-state index in [2.05, 4.69) is 20.5 Å².